The number of ether oxygens (including phenoxy) is 1. The van der Waals surface area contributed by atoms with E-state index >= 15 is 0 Å². The van der Waals surface area contributed by atoms with Crippen molar-refractivity contribution in [2.75, 3.05) is 25.0 Å². The van der Waals surface area contributed by atoms with Crippen LogP contribution in [0.5, 0.6) is 0 Å². The molecule has 7 nitrogen and oxygen atoms in total. The molecule has 9 heteroatoms. The summed E-state index contributed by atoms with van der Waals surface area (Å²) in [5, 5.41) is 0. The number of aryl methyl sites for hydroxylation is 1. The number of hydrogen-bond donors (Lipinski definition) is 0. The lowest BCUT2D eigenvalue weighted by Gasteiger charge is -2.36. The van der Waals surface area contributed by atoms with Gasteiger partial charge in [-0.05, 0) is 38.5 Å². The van der Waals surface area contributed by atoms with Gasteiger partial charge >= 0.3 is 0 Å². The van der Waals surface area contributed by atoms with Crippen molar-refractivity contribution in [3.05, 3.63) is 44.7 Å². The molecule has 0 aliphatic carbocycles. The highest BCUT2D eigenvalue weighted by Gasteiger charge is 2.31. The van der Waals surface area contributed by atoms with Crippen LogP contribution in [0.4, 0.5) is 5.82 Å². The number of carbonyl (C=O) groups is 1. The number of thioether (sulfide) groups is 1. The van der Waals surface area contributed by atoms with Crippen LogP contribution in [0.2, 0.25) is 0 Å². The van der Waals surface area contributed by atoms with Gasteiger partial charge in [-0.25, -0.2) is 4.98 Å². The van der Waals surface area contributed by atoms with E-state index < -0.39 is 0 Å². The normalized spacial score (nSPS) is 24.2. The SMILES string of the molecule is Cc1cccn2c(=O)c(/C=C3\SC(=S)N(C)C3=O)c(N3C[C@@H](C)O[C@H](C)C3)nc12. The number of aromatic nitrogens is 2. The van der Waals surface area contributed by atoms with E-state index in [1.807, 2.05) is 32.9 Å². The molecule has 0 unspecified atom stereocenters. The molecule has 0 aromatic carbocycles. The summed E-state index contributed by atoms with van der Waals surface area (Å²) in [5.74, 6) is 0.371. The third kappa shape index (κ3) is 3.58. The average molecular weight is 431 g/mol. The summed E-state index contributed by atoms with van der Waals surface area (Å²) < 4.78 is 7.85. The molecule has 2 atom stereocenters. The average Bonchev–Trinajstić information content (AvgIpc) is 2.90. The van der Waals surface area contributed by atoms with E-state index in [4.69, 9.17) is 21.9 Å². The molecule has 4 rings (SSSR count). The van der Waals surface area contributed by atoms with Crippen LogP contribution < -0.4 is 10.5 Å². The molecule has 0 N–H and O–H groups in total. The number of morpholine rings is 1. The molecule has 2 fully saturated rings. The lowest BCUT2D eigenvalue weighted by molar-refractivity contribution is -0.121. The van der Waals surface area contributed by atoms with Crippen molar-refractivity contribution in [2.45, 2.75) is 33.0 Å². The van der Waals surface area contributed by atoms with Crippen LogP contribution in [0.1, 0.15) is 25.0 Å². The highest BCUT2D eigenvalue weighted by atomic mass is 32.2. The number of anilines is 1. The zero-order valence-corrected chi connectivity index (χ0v) is 18.3. The van der Waals surface area contributed by atoms with Gasteiger partial charge in [0.25, 0.3) is 11.5 Å². The smallest absolute Gasteiger partial charge is 0.267 e. The molecule has 1 amide bonds. The maximum atomic E-state index is 13.4. The molecule has 0 radical (unpaired) electrons. The maximum absolute atomic E-state index is 13.4. The predicted octanol–water partition coefficient (Wildman–Crippen LogP) is 2.45. The largest absolute Gasteiger partial charge is 0.372 e. The molecule has 0 saturated carbocycles. The van der Waals surface area contributed by atoms with Gasteiger partial charge < -0.3 is 9.64 Å². The van der Waals surface area contributed by atoms with Crippen LogP contribution in [-0.2, 0) is 9.53 Å². The Labute approximate surface area is 178 Å². The first-order valence-corrected chi connectivity index (χ1v) is 10.6. The Morgan fingerprint density at radius 3 is 2.59 bits per heavy atom. The minimum Gasteiger partial charge on any atom is -0.372 e. The van der Waals surface area contributed by atoms with Crippen LogP contribution in [0.3, 0.4) is 0 Å². The fourth-order valence-electron chi connectivity index (χ4n) is 3.70. The zero-order valence-electron chi connectivity index (χ0n) is 16.7. The van der Waals surface area contributed by atoms with Crippen LogP contribution >= 0.6 is 24.0 Å². The van der Waals surface area contributed by atoms with Crippen molar-refractivity contribution < 1.29 is 9.53 Å². The van der Waals surface area contributed by atoms with E-state index in [9.17, 15) is 9.59 Å². The van der Waals surface area contributed by atoms with Gasteiger partial charge in [-0.2, -0.15) is 0 Å². The maximum Gasteiger partial charge on any atom is 0.267 e. The van der Waals surface area contributed by atoms with Gasteiger partial charge in [0, 0.05) is 26.3 Å². The number of hydrogen-bond acceptors (Lipinski definition) is 7. The summed E-state index contributed by atoms with van der Waals surface area (Å²) in [4.78, 5) is 34.7. The van der Waals surface area contributed by atoms with Crippen LogP contribution in [-0.4, -0.2) is 56.9 Å². The summed E-state index contributed by atoms with van der Waals surface area (Å²) in [6.45, 7) is 7.17. The van der Waals surface area contributed by atoms with Gasteiger partial charge in [0.2, 0.25) is 0 Å². The second-order valence-electron chi connectivity index (χ2n) is 7.44. The van der Waals surface area contributed by atoms with Gasteiger partial charge in [-0.15, -0.1) is 0 Å². The van der Waals surface area contributed by atoms with E-state index in [2.05, 4.69) is 4.90 Å². The fourth-order valence-corrected chi connectivity index (χ4v) is 4.86. The van der Waals surface area contributed by atoms with Gasteiger partial charge in [-0.1, -0.05) is 30.0 Å². The molecule has 2 aliphatic heterocycles. The number of likely N-dealkylation sites (N-methyl/N-ethyl adjacent to an activating group) is 1. The Hall–Kier alpha value is -2.23. The van der Waals surface area contributed by atoms with E-state index in [0.717, 1.165) is 5.56 Å². The second kappa shape index (κ2) is 7.55. The van der Waals surface area contributed by atoms with Crippen LogP contribution in [0.25, 0.3) is 11.7 Å². The number of nitrogens with zero attached hydrogens (tertiary/aromatic N) is 4. The fraction of sp³-hybridized carbons (Fsp3) is 0.400. The lowest BCUT2D eigenvalue weighted by Crippen LogP contribution is -2.46. The quantitative estimate of drug-likeness (QED) is 0.536. The second-order valence-corrected chi connectivity index (χ2v) is 9.12. The first-order chi connectivity index (χ1) is 13.8. The summed E-state index contributed by atoms with van der Waals surface area (Å²) >= 11 is 6.43. The topological polar surface area (TPSA) is 67.2 Å². The van der Waals surface area contributed by atoms with Gasteiger partial charge in [0.15, 0.2) is 0 Å². The Kier molecular flexibility index (Phi) is 5.22. The molecular weight excluding hydrogens is 408 g/mol. The highest BCUT2D eigenvalue weighted by molar-refractivity contribution is 8.26. The molecule has 4 heterocycles. The number of rotatable bonds is 2. The first kappa shape index (κ1) is 20.1. The molecule has 0 spiro atoms. The number of pyridine rings is 1. The third-order valence-electron chi connectivity index (χ3n) is 5.05. The number of fused-ring (bicyclic) bond motifs is 1. The van der Waals surface area contributed by atoms with Crippen molar-refractivity contribution in [1.82, 2.24) is 14.3 Å². The monoisotopic (exact) mass is 430 g/mol. The number of amides is 1. The minimum atomic E-state index is -0.207. The summed E-state index contributed by atoms with van der Waals surface area (Å²) in [6, 6.07) is 3.75. The van der Waals surface area contributed by atoms with Gasteiger partial charge in [0.05, 0.1) is 22.7 Å². The van der Waals surface area contributed by atoms with Gasteiger partial charge in [-0.3, -0.25) is 18.9 Å². The molecule has 2 saturated heterocycles. The van der Waals surface area contributed by atoms with Crippen LogP contribution in [0.15, 0.2) is 28.0 Å². The van der Waals surface area contributed by atoms with Crippen molar-refractivity contribution in [1.29, 1.82) is 0 Å². The third-order valence-corrected chi connectivity index (χ3v) is 6.53. The van der Waals surface area contributed by atoms with Crippen molar-refractivity contribution in [2.24, 2.45) is 0 Å². The minimum absolute atomic E-state index is 0.0116. The van der Waals surface area contributed by atoms with Crippen molar-refractivity contribution >= 4 is 51.7 Å². The number of carbonyl (C=O) groups excluding carboxylic acids is 1. The van der Waals surface area contributed by atoms with E-state index in [-0.39, 0.29) is 23.7 Å². The van der Waals surface area contributed by atoms with Crippen molar-refractivity contribution in [3.63, 3.8) is 0 Å². The Morgan fingerprint density at radius 1 is 1.28 bits per heavy atom. The van der Waals surface area contributed by atoms with Crippen molar-refractivity contribution in [3.8, 4) is 0 Å². The Balaban J connectivity index is 1.94. The molecule has 152 valence electrons. The molecule has 2 aromatic rings. The summed E-state index contributed by atoms with van der Waals surface area (Å²) in [6.07, 6.45) is 3.36. The van der Waals surface area contributed by atoms with E-state index in [0.29, 0.717) is 39.3 Å². The molecule has 29 heavy (non-hydrogen) atoms. The first-order valence-electron chi connectivity index (χ1n) is 9.40. The molecular formula is C20H22N4O3S2. The Bertz CT molecular complexity index is 1100. The molecule has 2 aromatic heterocycles. The Morgan fingerprint density at radius 2 is 1.97 bits per heavy atom. The number of thiocarbonyl (C=S) groups is 1. The van der Waals surface area contributed by atoms with E-state index in [1.54, 1.807) is 19.3 Å². The van der Waals surface area contributed by atoms with Crippen LogP contribution in [0, 0.1) is 6.92 Å². The zero-order chi connectivity index (χ0) is 20.9. The highest BCUT2D eigenvalue weighted by Crippen LogP contribution is 2.33. The van der Waals surface area contributed by atoms with Gasteiger partial charge in [0.1, 0.15) is 15.8 Å². The summed E-state index contributed by atoms with van der Waals surface area (Å²) in [5.41, 5.74) is 1.70. The molecule has 2 aliphatic rings. The standard InChI is InChI=1S/C20H22N4O3S2/c1-11-6-5-7-24-16(11)21-17(23-9-12(2)27-13(3)10-23)14(18(24)25)8-15-19(26)22(4)20(28)29-15/h5-8,12-13H,9-10H2,1-4H3/b15-8-/t12-,13-/m1/s1. The predicted molar refractivity (Wildman–Crippen MR) is 119 cm³/mol. The summed E-state index contributed by atoms with van der Waals surface area (Å²) in [7, 11) is 1.64. The molecule has 0 bridgehead atoms. The van der Waals surface area contributed by atoms with E-state index in [1.165, 1.54) is 21.1 Å². The lowest BCUT2D eigenvalue weighted by atomic mass is 10.1.